The van der Waals surface area contributed by atoms with Crippen molar-refractivity contribution in [3.05, 3.63) is 54.9 Å². The molecule has 0 aliphatic carbocycles. The van der Waals surface area contributed by atoms with E-state index in [4.69, 9.17) is 34.4 Å². The molecule has 114 valence electrons. The maximum absolute atomic E-state index is 6.16. The first-order valence-electron chi connectivity index (χ1n) is 6.24. The van der Waals surface area contributed by atoms with Gasteiger partial charge in [-0.15, -0.1) is 6.42 Å². The Balaban J connectivity index is 2.23. The Bertz CT molecular complexity index is 729. The van der Waals surface area contributed by atoms with Gasteiger partial charge in [0.05, 0.1) is 15.2 Å². The van der Waals surface area contributed by atoms with E-state index in [1.165, 1.54) is 0 Å². The van der Waals surface area contributed by atoms with Crippen molar-refractivity contribution in [3.63, 3.8) is 0 Å². The first-order chi connectivity index (χ1) is 10.5. The van der Waals surface area contributed by atoms with Gasteiger partial charge in [0.25, 0.3) is 0 Å². The van der Waals surface area contributed by atoms with Crippen molar-refractivity contribution in [2.45, 2.75) is 6.54 Å². The summed E-state index contributed by atoms with van der Waals surface area (Å²) < 4.78 is 7.38. The quantitative estimate of drug-likeness (QED) is 0.537. The molecule has 0 spiro atoms. The highest BCUT2D eigenvalue weighted by Gasteiger charge is 2.11. The van der Waals surface area contributed by atoms with Gasteiger partial charge in [-0.3, -0.25) is 0 Å². The molecule has 2 nitrogen and oxygen atoms in total. The van der Waals surface area contributed by atoms with Gasteiger partial charge in [0.2, 0.25) is 0 Å². The molecule has 2 aromatic rings. The minimum absolute atomic E-state index is 0.203. The number of ether oxygens (including phenoxy) is 1. The minimum Gasteiger partial charge on any atom is -0.479 e. The van der Waals surface area contributed by atoms with Crippen LogP contribution in [0.4, 0.5) is 5.69 Å². The predicted octanol–water partition coefficient (Wildman–Crippen LogP) is 6.14. The number of rotatable bonds is 5. The number of terminal acetylenes is 1. The molecule has 0 bridgehead atoms. The summed E-state index contributed by atoms with van der Waals surface area (Å²) in [6.07, 6.45) is 5.26. The smallest absolute Gasteiger partial charge is 0.148 e. The van der Waals surface area contributed by atoms with Crippen molar-refractivity contribution in [1.82, 2.24) is 0 Å². The van der Waals surface area contributed by atoms with E-state index < -0.39 is 0 Å². The van der Waals surface area contributed by atoms with Gasteiger partial charge < -0.3 is 10.1 Å². The molecule has 0 fully saturated rings. The van der Waals surface area contributed by atoms with Crippen LogP contribution in [-0.2, 0) is 6.54 Å². The van der Waals surface area contributed by atoms with Crippen LogP contribution in [0.5, 0.6) is 5.75 Å². The minimum atomic E-state index is 0.203. The fourth-order valence-electron chi connectivity index (χ4n) is 1.84. The topological polar surface area (TPSA) is 21.3 Å². The summed E-state index contributed by atoms with van der Waals surface area (Å²) in [4.78, 5) is 0. The highest BCUT2D eigenvalue weighted by Crippen LogP contribution is 2.34. The molecule has 0 radical (unpaired) electrons. The van der Waals surface area contributed by atoms with Crippen LogP contribution in [0.25, 0.3) is 0 Å². The largest absolute Gasteiger partial charge is 0.479 e. The summed E-state index contributed by atoms with van der Waals surface area (Å²) in [5.41, 5.74) is 1.74. The molecule has 0 aliphatic rings. The molecule has 0 amide bonds. The molecule has 0 aliphatic heterocycles. The zero-order chi connectivity index (χ0) is 16.1. The molecule has 0 atom stereocenters. The van der Waals surface area contributed by atoms with Crippen LogP contribution < -0.4 is 10.1 Å². The average Bonchev–Trinajstić information content (AvgIpc) is 2.45. The number of hydrogen-bond donors (Lipinski definition) is 1. The maximum Gasteiger partial charge on any atom is 0.148 e. The number of hydrogen-bond acceptors (Lipinski definition) is 2. The summed E-state index contributed by atoms with van der Waals surface area (Å²) in [5, 5.41) is 4.42. The summed E-state index contributed by atoms with van der Waals surface area (Å²) in [5.74, 6) is 3.17. The zero-order valence-corrected chi connectivity index (χ0v) is 16.0. The summed E-state index contributed by atoms with van der Waals surface area (Å²) >= 11 is 19.0. The molecule has 0 aromatic heterocycles. The molecule has 0 heterocycles. The number of benzene rings is 2. The monoisotopic (exact) mass is 461 g/mol. The fraction of sp³-hybridized carbons (Fsp3) is 0.125. The standard InChI is InChI=1S/C16H11Br2Cl2NO/c1-2-5-22-16-10(6-11(17)7-13(16)18)9-21-15-4-3-12(19)8-14(15)20/h1,3-4,6-8,21H,5,9H2. The third kappa shape index (κ3) is 4.57. The molecule has 0 unspecified atom stereocenters. The highest BCUT2D eigenvalue weighted by atomic mass is 79.9. The Morgan fingerprint density at radius 2 is 1.95 bits per heavy atom. The van der Waals surface area contributed by atoms with E-state index in [0.717, 1.165) is 20.2 Å². The van der Waals surface area contributed by atoms with Crippen molar-refractivity contribution >= 4 is 60.7 Å². The first kappa shape index (κ1) is 17.5. The highest BCUT2D eigenvalue weighted by molar-refractivity contribution is 9.11. The fourth-order valence-corrected chi connectivity index (χ4v) is 3.75. The summed E-state index contributed by atoms with van der Waals surface area (Å²) in [6.45, 7) is 0.730. The first-order valence-corrected chi connectivity index (χ1v) is 8.58. The van der Waals surface area contributed by atoms with E-state index in [-0.39, 0.29) is 6.61 Å². The van der Waals surface area contributed by atoms with Crippen molar-refractivity contribution in [1.29, 1.82) is 0 Å². The van der Waals surface area contributed by atoms with Gasteiger partial charge >= 0.3 is 0 Å². The van der Waals surface area contributed by atoms with Gasteiger partial charge in [-0.25, -0.2) is 0 Å². The van der Waals surface area contributed by atoms with Crippen LogP contribution in [-0.4, -0.2) is 6.61 Å². The molecular weight excluding hydrogens is 453 g/mol. The lowest BCUT2D eigenvalue weighted by Gasteiger charge is -2.14. The summed E-state index contributed by atoms with van der Waals surface area (Å²) in [7, 11) is 0. The Kier molecular flexibility index (Phi) is 6.46. The van der Waals surface area contributed by atoms with Crippen LogP contribution in [0.15, 0.2) is 39.3 Å². The Labute approximate surface area is 156 Å². The third-order valence-electron chi connectivity index (χ3n) is 2.79. The Morgan fingerprint density at radius 3 is 2.64 bits per heavy atom. The molecule has 0 saturated heterocycles. The van der Waals surface area contributed by atoms with Gasteiger partial charge in [-0.1, -0.05) is 45.1 Å². The van der Waals surface area contributed by atoms with E-state index in [0.29, 0.717) is 22.3 Å². The van der Waals surface area contributed by atoms with E-state index >= 15 is 0 Å². The average molecular weight is 464 g/mol. The molecule has 22 heavy (non-hydrogen) atoms. The summed E-state index contributed by atoms with van der Waals surface area (Å²) in [6, 6.07) is 9.18. The molecule has 1 N–H and O–H groups in total. The molecular formula is C16H11Br2Cl2NO. The van der Waals surface area contributed by atoms with Crippen LogP contribution in [0.2, 0.25) is 10.0 Å². The van der Waals surface area contributed by atoms with Gasteiger partial charge in [-0.05, 0) is 46.3 Å². The van der Waals surface area contributed by atoms with Crippen LogP contribution >= 0.6 is 55.1 Å². The van der Waals surface area contributed by atoms with E-state index in [1.54, 1.807) is 12.1 Å². The van der Waals surface area contributed by atoms with E-state index in [2.05, 4.69) is 43.1 Å². The lowest BCUT2D eigenvalue weighted by atomic mass is 10.2. The second-order valence-electron chi connectivity index (χ2n) is 4.35. The van der Waals surface area contributed by atoms with Crippen molar-refractivity contribution in [3.8, 4) is 18.1 Å². The maximum atomic E-state index is 6.16. The van der Waals surface area contributed by atoms with Crippen LogP contribution in [0.1, 0.15) is 5.56 Å². The Hall–Kier alpha value is -0.860. The SMILES string of the molecule is C#CCOc1c(Br)cc(Br)cc1CNc1ccc(Cl)cc1Cl. The van der Waals surface area contributed by atoms with Crippen LogP contribution in [0, 0.1) is 12.3 Å². The number of nitrogens with one attached hydrogen (secondary N) is 1. The van der Waals surface area contributed by atoms with Crippen molar-refractivity contribution in [2.75, 3.05) is 11.9 Å². The zero-order valence-electron chi connectivity index (χ0n) is 11.3. The van der Waals surface area contributed by atoms with Gasteiger partial charge in [0.1, 0.15) is 12.4 Å². The van der Waals surface area contributed by atoms with Gasteiger partial charge in [0.15, 0.2) is 0 Å². The van der Waals surface area contributed by atoms with E-state index in [9.17, 15) is 0 Å². The Morgan fingerprint density at radius 1 is 1.18 bits per heavy atom. The second-order valence-corrected chi connectivity index (χ2v) is 6.96. The normalized spacial score (nSPS) is 10.1. The second kappa shape index (κ2) is 8.12. The lowest BCUT2D eigenvalue weighted by Crippen LogP contribution is -2.05. The van der Waals surface area contributed by atoms with Crippen molar-refractivity contribution < 1.29 is 4.74 Å². The van der Waals surface area contributed by atoms with Gasteiger partial charge in [0, 0.05) is 21.6 Å². The van der Waals surface area contributed by atoms with Crippen molar-refractivity contribution in [2.24, 2.45) is 0 Å². The molecule has 0 saturated carbocycles. The number of anilines is 1. The third-order valence-corrected chi connectivity index (χ3v) is 4.38. The van der Waals surface area contributed by atoms with Gasteiger partial charge in [-0.2, -0.15) is 0 Å². The van der Waals surface area contributed by atoms with E-state index in [1.807, 2.05) is 18.2 Å². The molecule has 2 rings (SSSR count). The molecule has 2 aromatic carbocycles. The van der Waals surface area contributed by atoms with Crippen LogP contribution in [0.3, 0.4) is 0 Å². The number of halogens is 4. The lowest BCUT2D eigenvalue weighted by molar-refractivity contribution is 0.364. The molecule has 6 heteroatoms. The predicted molar refractivity (Wildman–Crippen MR) is 100.0 cm³/mol.